The summed E-state index contributed by atoms with van der Waals surface area (Å²) in [7, 11) is 0. The standard InChI is InChI=1S/C22H20Cl2N2O4/c1-10-7-16-14(9-15(10)24)20(27)18-19(12-3-5-13(23)6-4-12)26(22(28)21(18)29-16)17-8-11(2)30-25-17/h3-6,8,10,14-16,19H,7,9H2,1-2H3. The molecular weight excluding hydrogens is 427 g/mol. The van der Waals surface area contributed by atoms with Crippen LogP contribution in [-0.2, 0) is 14.3 Å². The number of anilines is 1. The molecule has 0 bridgehead atoms. The maximum atomic E-state index is 13.6. The van der Waals surface area contributed by atoms with Gasteiger partial charge in [-0.1, -0.05) is 35.8 Å². The number of hydrogen-bond acceptors (Lipinski definition) is 5. The first kappa shape index (κ1) is 19.6. The number of carbonyl (C=O) groups excluding carboxylic acids is 2. The highest BCUT2D eigenvalue weighted by atomic mass is 35.5. The van der Waals surface area contributed by atoms with Gasteiger partial charge in [-0.05, 0) is 43.4 Å². The Balaban J connectivity index is 1.63. The minimum Gasteiger partial charge on any atom is -0.483 e. The number of rotatable bonds is 2. The summed E-state index contributed by atoms with van der Waals surface area (Å²) in [5.74, 6) is 0.416. The van der Waals surface area contributed by atoms with E-state index in [0.29, 0.717) is 35.0 Å². The number of nitrogens with zero attached hydrogens (tertiary/aromatic N) is 2. The van der Waals surface area contributed by atoms with Gasteiger partial charge in [0.15, 0.2) is 17.4 Å². The van der Waals surface area contributed by atoms with Crippen LogP contribution in [-0.4, -0.2) is 28.3 Å². The van der Waals surface area contributed by atoms with E-state index in [1.165, 1.54) is 4.90 Å². The number of aryl methyl sites for hydroxylation is 1. The smallest absolute Gasteiger partial charge is 0.295 e. The lowest BCUT2D eigenvalue weighted by Crippen LogP contribution is -2.44. The number of fused-ring (bicyclic) bond motifs is 1. The fourth-order valence-electron chi connectivity index (χ4n) is 4.68. The Morgan fingerprint density at radius 2 is 1.90 bits per heavy atom. The van der Waals surface area contributed by atoms with Gasteiger partial charge in [-0.25, -0.2) is 0 Å². The highest BCUT2D eigenvalue weighted by Crippen LogP contribution is 2.49. The highest BCUT2D eigenvalue weighted by Gasteiger charge is 2.54. The molecule has 0 N–H and O–H groups in total. The molecule has 0 saturated heterocycles. The van der Waals surface area contributed by atoms with Crippen LogP contribution in [0.15, 0.2) is 46.2 Å². The van der Waals surface area contributed by atoms with E-state index >= 15 is 0 Å². The first-order valence-electron chi connectivity index (χ1n) is 9.96. The van der Waals surface area contributed by atoms with Gasteiger partial charge in [-0.15, -0.1) is 11.6 Å². The molecule has 5 atom stereocenters. The molecule has 8 heteroatoms. The van der Waals surface area contributed by atoms with Crippen molar-refractivity contribution in [1.29, 1.82) is 0 Å². The third-order valence-corrected chi connectivity index (χ3v) is 7.12. The summed E-state index contributed by atoms with van der Waals surface area (Å²) in [6, 6.07) is 8.11. The Kier molecular flexibility index (Phi) is 4.67. The minimum absolute atomic E-state index is 0.0742. The van der Waals surface area contributed by atoms with E-state index in [9.17, 15) is 9.59 Å². The number of amides is 1. The van der Waals surface area contributed by atoms with Gasteiger partial charge in [0.1, 0.15) is 11.9 Å². The second kappa shape index (κ2) is 7.13. The quantitative estimate of drug-likeness (QED) is 0.630. The summed E-state index contributed by atoms with van der Waals surface area (Å²) in [4.78, 5) is 28.5. The average Bonchev–Trinajstić information content (AvgIpc) is 3.26. The van der Waals surface area contributed by atoms with Crippen molar-refractivity contribution in [3.8, 4) is 0 Å². The molecule has 2 aliphatic heterocycles. The zero-order valence-electron chi connectivity index (χ0n) is 16.5. The van der Waals surface area contributed by atoms with Crippen LogP contribution in [0.25, 0.3) is 0 Å². The lowest BCUT2D eigenvalue weighted by atomic mass is 9.74. The van der Waals surface area contributed by atoms with Crippen molar-refractivity contribution in [1.82, 2.24) is 5.16 Å². The Morgan fingerprint density at radius 1 is 1.17 bits per heavy atom. The summed E-state index contributed by atoms with van der Waals surface area (Å²) in [6.45, 7) is 3.79. The van der Waals surface area contributed by atoms with E-state index in [1.54, 1.807) is 25.1 Å². The third-order valence-electron chi connectivity index (χ3n) is 6.26. The molecule has 0 radical (unpaired) electrons. The molecule has 30 heavy (non-hydrogen) atoms. The van der Waals surface area contributed by atoms with Crippen molar-refractivity contribution >= 4 is 40.7 Å². The van der Waals surface area contributed by atoms with Crippen molar-refractivity contribution in [2.45, 2.75) is 44.2 Å². The van der Waals surface area contributed by atoms with Crippen LogP contribution >= 0.6 is 23.2 Å². The number of hydrogen-bond donors (Lipinski definition) is 0. The third kappa shape index (κ3) is 2.96. The van der Waals surface area contributed by atoms with Crippen molar-refractivity contribution in [3.63, 3.8) is 0 Å². The van der Waals surface area contributed by atoms with Crippen LogP contribution in [0.3, 0.4) is 0 Å². The predicted molar refractivity (Wildman–Crippen MR) is 111 cm³/mol. The van der Waals surface area contributed by atoms with Crippen molar-refractivity contribution in [2.75, 3.05) is 4.90 Å². The topological polar surface area (TPSA) is 72.6 Å². The summed E-state index contributed by atoms with van der Waals surface area (Å²) >= 11 is 12.5. The van der Waals surface area contributed by atoms with Crippen LogP contribution in [0.2, 0.25) is 5.02 Å². The molecule has 5 rings (SSSR count). The molecule has 0 spiro atoms. The second-order valence-corrected chi connectivity index (χ2v) is 9.26. The van der Waals surface area contributed by atoms with E-state index < -0.39 is 6.04 Å². The Bertz CT molecular complexity index is 1060. The molecule has 3 aliphatic rings. The minimum atomic E-state index is -0.657. The molecule has 1 aromatic carbocycles. The number of ketones is 1. The largest absolute Gasteiger partial charge is 0.483 e. The van der Waals surface area contributed by atoms with Gasteiger partial charge in [0.05, 0.1) is 17.5 Å². The molecule has 5 unspecified atom stereocenters. The Labute approximate surface area is 183 Å². The zero-order valence-corrected chi connectivity index (χ0v) is 18.0. The number of alkyl halides is 1. The second-order valence-electron chi connectivity index (χ2n) is 8.26. The Hall–Kier alpha value is -2.31. The molecule has 1 saturated carbocycles. The molecule has 3 heterocycles. The molecule has 6 nitrogen and oxygen atoms in total. The molecular formula is C22H20Cl2N2O4. The van der Waals surface area contributed by atoms with Gasteiger partial charge in [0.25, 0.3) is 5.91 Å². The number of aromatic nitrogens is 1. The van der Waals surface area contributed by atoms with Crippen LogP contribution in [0.4, 0.5) is 5.82 Å². The maximum Gasteiger partial charge on any atom is 0.295 e. The molecule has 156 valence electrons. The van der Waals surface area contributed by atoms with Gasteiger partial charge in [-0.3, -0.25) is 14.5 Å². The van der Waals surface area contributed by atoms with Gasteiger partial charge >= 0.3 is 0 Å². The van der Waals surface area contributed by atoms with Gasteiger partial charge in [-0.2, -0.15) is 0 Å². The number of halogens is 2. The SMILES string of the molecule is Cc1cc(N2C(=O)C3=C(C(=O)C4CC(Cl)C(C)CC4O3)C2c2ccc(Cl)cc2)no1. The first-order valence-corrected chi connectivity index (χ1v) is 10.8. The fraction of sp³-hybridized carbons (Fsp3) is 0.409. The van der Waals surface area contributed by atoms with E-state index in [1.807, 2.05) is 19.1 Å². The molecule has 1 fully saturated rings. The summed E-state index contributed by atoms with van der Waals surface area (Å²) in [5.41, 5.74) is 1.11. The van der Waals surface area contributed by atoms with Crippen molar-refractivity contribution < 1.29 is 18.8 Å². The number of ether oxygens (including phenoxy) is 1. The molecule has 2 aromatic rings. The van der Waals surface area contributed by atoms with E-state index in [2.05, 4.69) is 5.16 Å². The van der Waals surface area contributed by atoms with Crippen LogP contribution < -0.4 is 4.90 Å². The molecule has 1 amide bonds. The van der Waals surface area contributed by atoms with Crippen LogP contribution in [0, 0.1) is 18.8 Å². The highest BCUT2D eigenvalue weighted by molar-refractivity contribution is 6.30. The van der Waals surface area contributed by atoms with E-state index in [-0.39, 0.29) is 40.8 Å². The van der Waals surface area contributed by atoms with Crippen LogP contribution in [0.5, 0.6) is 0 Å². The Morgan fingerprint density at radius 3 is 2.57 bits per heavy atom. The number of benzene rings is 1. The maximum absolute atomic E-state index is 13.6. The van der Waals surface area contributed by atoms with Gasteiger partial charge in [0, 0.05) is 16.5 Å². The van der Waals surface area contributed by atoms with Crippen molar-refractivity contribution in [2.24, 2.45) is 11.8 Å². The van der Waals surface area contributed by atoms with Gasteiger partial charge < -0.3 is 9.26 Å². The summed E-state index contributed by atoms with van der Waals surface area (Å²) < 4.78 is 11.4. The van der Waals surface area contributed by atoms with Gasteiger partial charge in [0.2, 0.25) is 0 Å². The normalized spacial score (nSPS) is 30.9. The lowest BCUT2D eigenvalue weighted by Gasteiger charge is -2.39. The predicted octanol–water partition coefficient (Wildman–Crippen LogP) is 4.60. The average molecular weight is 447 g/mol. The van der Waals surface area contributed by atoms with E-state index in [0.717, 1.165) is 5.56 Å². The van der Waals surface area contributed by atoms with Crippen molar-refractivity contribution in [3.05, 3.63) is 58.0 Å². The first-order chi connectivity index (χ1) is 14.3. The molecule has 1 aromatic heterocycles. The number of Topliss-reactive ketones (excluding diaryl/α,β-unsaturated/α-hetero) is 1. The summed E-state index contributed by atoms with van der Waals surface area (Å²) in [6.07, 6.45) is 0.840. The van der Waals surface area contributed by atoms with Crippen LogP contribution in [0.1, 0.15) is 37.1 Å². The lowest BCUT2D eigenvalue weighted by molar-refractivity contribution is -0.132. The number of carbonyl (C=O) groups is 2. The zero-order chi connectivity index (χ0) is 21.2. The molecule has 1 aliphatic carbocycles. The summed E-state index contributed by atoms with van der Waals surface area (Å²) in [5, 5.41) is 4.50. The monoisotopic (exact) mass is 446 g/mol. The fourth-order valence-corrected chi connectivity index (χ4v) is 5.10. The van der Waals surface area contributed by atoms with E-state index in [4.69, 9.17) is 32.5 Å².